The molecule has 87 valence electrons. The van der Waals surface area contributed by atoms with E-state index in [1.54, 1.807) is 25.7 Å². The van der Waals surface area contributed by atoms with Gasteiger partial charge in [-0.1, -0.05) is 13.8 Å². The van der Waals surface area contributed by atoms with Gasteiger partial charge < -0.3 is 4.74 Å². The second kappa shape index (κ2) is 4.86. The molecule has 0 spiro atoms. The van der Waals surface area contributed by atoms with E-state index >= 15 is 0 Å². The van der Waals surface area contributed by atoms with E-state index < -0.39 is 0 Å². The van der Waals surface area contributed by atoms with Gasteiger partial charge in [0.1, 0.15) is 0 Å². The first-order valence-electron chi connectivity index (χ1n) is 5.31. The highest BCUT2D eigenvalue weighted by molar-refractivity contribution is 5.57. The first-order chi connectivity index (χ1) is 8.22. The molecule has 2 heterocycles. The van der Waals surface area contributed by atoms with Gasteiger partial charge in [0, 0.05) is 12.4 Å². The Morgan fingerprint density at radius 1 is 1.18 bits per heavy atom. The zero-order valence-electron chi connectivity index (χ0n) is 10.0. The predicted octanol–water partition coefficient (Wildman–Crippen LogP) is 1.87. The number of rotatable bonds is 3. The molecule has 17 heavy (non-hydrogen) atoms. The number of hydrogen-bond donors (Lipinski definition) is 0. The molecule has 5 nitrogen and oxygen atoms in total. The number of nitrogens with zero attached hydrogens (tertiary/aromatic N) is 4. The Morgan fingerprint density at radius 2 is 1.88 bits per heavy atom. The lowest BCUT2D eigenvalue weighted by atomic mass is 10.1. The predicted molar refractivity (Wildman–Crippen MR) is 62.5 cm³/mol. The van der Waals surface area contributed by atoms with Crippen molar-refractivity contribution in [1.82, 2.24) is 19.9 Å². The zero-order valence-corrected chi connectivity index (χ0v) is 10.0. The molecule has 0 saturated heterocycles. The van der Waals surface area contributed by atoms with Crippen LogP contribution in [0, 0.1) is 6.33 Å². The summed E-state index contributed by atoms with van der Waals surface area (Å²) in [4.78, 5) is 16.3. The van der Waals surface area contributed by atoms with Crippen LogP contribution in [0.15, 0.2) is 18.6 Å². The Balaban J connectivity index is 2.40. The smallest absolute Gasteiger partial charge is 0.198 e. The SMILES string of the molecule is COc1cn[c]nc1-c1ncc(C(C)C)cn1. The Bertz CT molecular complexity index is 496. The molecule has 0 amide bonds. The van der Waals surface area contributed by atoms with Crippen molar-refractivity contribution >= 4 is 0 Å². The van der Waals surface area contributed by atoms with Crippen molar-refractivity contribution in [3.8, 4) is 17.3 Å². The molecule has 0 atom stereocenters. The summed E-state index contributed by atoms with van der Waals surface area (Å²) in [6.45, 7) is 4.19. The number of ether oxygens (including phenoxy) is 1. The molecule has 2 aromatic rings. The van der Waals surface area contributed by atoms with Crippen LogP contribution in [0.5, 0.6) is 5.75 Å². The second-order valence-corrected chi connectivity index (χ2v) is 3.88. The van der Waals surface area contributed by atoms with E-state index in [-0.39, 0.29) is 0 Å². The van der Waals surface area contributed by atoms with Gasteiger partial charge in [-0.2, -0.15) is 0 Å². The van der Waals surface area contributed by atoms with Crippen LogP contribution in [0.25, 0.3) is 11.5 Å². The molecule has 2 rings (SSSR count). The second-order valence-electron chi connectivity index (χ2n) is 3.88. The van der Waals surface area contributed by atoms with Crippen LogP contribution in [-0.4, -0.2) is 27.0 Å². The third kappa shape index (κ3) is 2.38. The quantitative estimate of drug-likeness (QED) is 0.804. The van der Waals surface area contributed by atoms with Gasteiger partial charge >= 0.3 is 0 Å². The lowest BCUT2D eigenvalue weighted by Gasteiger charge is -2.06. The summed E-state index contributed by atoms with van der Waals surface area (Å²) in [5.74, 6) is 1.47. The number of aromatic nitrogens is 4. The molecule has 5 heteroatoms. The maximum atomic E-state index is 5.15. The summed E-state index contributed by atoms with van der Waals surface area (Å²) in [5.41, 5.74) is 1.64. The van der Waals surface area contributed by atoms with Crippen molar-refractivity contribution in [3.05, 3.63) is 30.5 Å². The molecular formula is C12H13N4O. The number of hydrogen-bond acceptors (Lipinski definition) is 5. The lowest BCUT2D eigenvalue weighted by molar-refractivity contribution is 0.412. The molecule has 0 fully saturated rings. The maximum absolute atomic E-state index is 5.15. The summed E-state index contributed by atoms with van der Waals surface area (Å²) in [7, 11) is 1.56. The van der Waals surface area contributed by atoms with Gasteiger partial charge in [-0.15, -0.1) is 0 Å². The summed E-state index contributed by atoms with van der Waals surface area (Å²) in [5, 5.41) is 0. The van der Waals surface area contributed by atoms with Crippen molar-refractivity contribution in [3.63, 3.8) is 0 Å². The fourth-order valence-corrected chi connectivity index (χ4v) is 1.35. The number of methoxy groups -OCH3 is 1. The maximum Gasteiger partial charge on any atom is 0.198 e. The molecular weight excluding hydrogens is 216 g/mol. The third-order valence-corrected chi connectivity index (χ3v) is 2.40. The largest absolute Gasteiger partial charge is 0.493 e. The minimum atomic E-state index is 0.405. The van der Waals surface area contributed by atoms with E-state index in [0.717, 1.165) is 5.56 Å². The Hall–Kier alpha value is -2.04. The van der Waals surface area contributed by atoms with Crippen LogP contribution in [0.1, 0.15) is 25.3 Å². The van der Waals surface area contributed by atoms with Crippen LogP contribution >= 0.6 is 0 Å². The van der Waals surface area contributed by atoms with Gasteiger partial charge in [-0.3, -0.25) is 0 Å². The van der Waals surface area contributed by atoms with Gasteiger partial charge in [-0.25, -0.2) is 19.9 Å². The van der Waals surface area contributed by atoms with Crippen molar-refractivity contribution in [1.29, 1.82) is 0 Å². The van der Waals surface area contributed by atoms with Crippen LogP contribution < -0.4 is 4.74 Å². The molecule has 0 aliphatic heterocycles. The fourth-order valence-electron chi connectivity index (χ4n) is 1.35. The summed E-state index contributed by atoms with van der Waals surface area (Å²) >= 11 is 0. The highest BCUT2D eigenvalue weighted by Gasteiger charge is 2.10. The van der Waals surface area contributed by atoms with Gasteiger partial charge in [0.25, 0.3) is 0 Å². The molecule has 0 bridgehead atoms. The molecule has 0 aliphatic rings. The topological polar surface area (TPSA) is 60.8 Å². The van der Waals surface area contributed by atoms with E-state index in [1.165, 1.54) is 0 Å². The van der Waals surface area contributed by atoms with Gasteiger partial charge in [0.15, 0.2) is 23.6 Å². The molecule has 2 aromatic heterocycles. The van der Waals surface area contributed by atoms with Crippen molar-refractivity contribution in [2.75, 3.05) is 7.11 Å². The minimum Gasteiger partial charge on any atom is -0.493 e. The summed E-state index contributed by atoms with van der Waals surface area (Å²) < 4.78 is 5.15. The highest BCUT2D eigenvalue weighted by atomic mass is 16.5. The summed E-state index contributed by atoms with van der Waals surface area (Å²) in [6.07, 6.45) is 7.66. The zero-order chi connectivity index (χ0) is 12.3. The van der Waals surface area contributed by atoms with Crippen molar-refractivity contribution in [2.45, 2.75) is 19.8 Å². The van der Waals surface area contributed by atoms with Crippen LogP contribution in [-0.2, 0) is 0 Å². The van der Waals surface area contributed by atoms with E-state index in [9.17, 15) is 0 Å². The van der Waals surface area contributed by atoms with E-state index in [4.69, 9.17) is 4.74 Å². The van der Waals surface area contributed by atoms with Gasteiger partial charge in [-0.05, 0) is 11.5 Å². The Kier molecular flexibility index (Phi) is 3.27. The lowest BCUT2D eigenvalue weighted by Crippen LogP contribution is -1.98. The van der Waals surface area contributed by atoms with E-state index in [1.807, 2.05) is 0 Å². The first-order valence-corrected chi connectivity index (χ1v) is 5.31. The van der Waals surface area contributed by atoms with Crippen LogP contribution in [0.4, 0.5) is 0 Å². The monoisotopic (exact) mass is 229 g/mol. The molecule has 0 N–H and O–H groups in total. The van der Waals surface area contributed by atoms with Crippen LogP contribution in [0.2, 0.25) is 0 Å². The van der Waals surface area contributed by atoms with Crippen molar-refractivity contribution < 1.29 is 4.74 Å². The molecule has 1 radical (unpaired) electrons. The average Bonchev–Trinajstić information content (AvgIpc) is 2.39. The third-order valence-electron chi connectivity index (χ3n) is 2.40. The molecule has 0 saturated carbocycles. The normalized spacial score (nSPS) is 10.6. The van der Waals surface area contributed by atoms with E-state index in [0.29, 0.717) is 23.2 Å². The minimum absolute atomic E-state index is 0.405. The fraction of sp³-hybridized carbons (Fsp3) is 0.333. The van der Waals surface area contributed by atoms with Crippen LogP contribution in [0.3, 0.4) is 0 Å². The molecule has 0 aliphatic carbocycles. The van der Waals surface area contributed by atoms with Gasteiger partial charge in [0.2, 0.25) is 0 Å². The van der Waals surface area contributed by atoms with Gasteiger partial charge in [0.05, 0.1) is 13.3 Å². The molecule has 0 aromatic carbocycles. The van der Waals surface area contributed by atoms with Crippen molar-refractivity contribution in [2.24, 2.45) is 0 Å². The Morgan fingerprint density at radius 3 is 2.47 bits per heavy atom. The summed E-state index contributed by atoms with van der Waals surface area (Å²) in [6, 6.07) is 0. The standard InChI is InChI=1S/C12H13N4O/c1-8(2)9-4-14-12(15-5-9)11-10(17-3)6-13-7-16-11/h4-6,8H,1-3H3. The first kappa shape index (κ1) is 11.4. The average molecular weight is 229 g/mol. The Labute approximate surface area is 99.9 Å². The van der Waals surface area contributed by atoms with E-state index in [2.05, 4.69) is 40.1 Å². The molecule has 0 unspecified atom stereocenters. The highest BCUT2D eigenvalue weighted by Crippen LogP contribution is 2.23.